The summed E-state index contributed by atoms with van der Waals surface area (Å²) in [5.74, 6) is 1.95. The fourth-order valence-electron chi connectivity index (χ4n) is 1.15. The van der Waals surface area contributed by atoms with Crippen LogP contribution in [0.5, 0.6) is 0 Å². The van der Waals surface area contributed by atoms with Gasteiger partial charge in [0.05, 0.1) is 6.20 Å². The fraction of sp³-hybridized carbons (Fsp3) is 0.727. The van der Waals surface area contributed by atoms with Crippen LogP contribution in [0.15, 0.2) is 6.20 Å². The average molecular weight is 223 g/mol. The van der Waals surface area contributed by atoms with E-state index in [-0.39, 0.29) is 0 Å². The third kappa shape index (κ3) is 4.91. The summed E-state index contributed by atoms with van der Waals surface area (Å²) in [4.78, 5) is 4.32. The van der Waals surface area contributed by atoms with Gasteiger partial charge in [-0.15, -0.1) is 5.10 Å². The first kappa shape index (κ1) is 12.7. The van der Waals surface area contributed by atoms with Gasteiger partial charge in [-0.1, -0.05) is 27.2 Å². The summed E-state index contributed by atoms with van der Waals surface area (Å²) in [6.07, 6.45) is 3.96. The van der Waals surface area contributed by atoms with Crippen molar-refractivity contribution in [2.75, 3.05) is 23.7 Å². The molecular weight excluding hydrogens is 202 g/mol. The molecule has 0 unspecified atom stereocenters. The van der Waals surface area contributed by atoms with E-state index in [1.165, 1.54) is 6.42 Å². The molecule has 16 heavy (non-hydrogen) atoms. The van der Waals surface area contributed by atoms with E-state index >= 15 is 0 Å². The van der Waals surface area contributed by atoms with E-state index in [1.54, 1.807) is 6.20 Å². The molecule has 0 bridgehead atoms. The number of aromatic nitrogens is 3. The van der Waals surface area contributed by atoms with Crippen LogP contribution in [0.3, 0.4) is 0 Å². The van der Waals surface area contributed by atoms with Crippen molar-refractivity contribution in [3.63, 3.8) is 0 Å². The lowest BCUT2D eigenvalue weighted by Crippen LogP contribution is -2.12. The number of hydrogen-bond acceptors (Lipinski definition) is 5. The molecule has 5 heteroatoms. The highest BCUT2D eigenvalue weighted by molar-refractivity contribution is 5.36. The Labute approximate surface area is 97.1 Å². The molecule has 0 fully saturated rings. The Morgan fingerprint density at radius 1 is 1.31 bits per heavy atom. The molecule has 0 saturated heterocycles. The van der Waals surface area contributed by atoms with Crippen molar-refractivity contribution in [2.24, 2.45) is 5.92 Å². The van der Waals surface area contributed by atoms with Crippen molar-refractivity contribution >= 4 is 11.8 Å². The summed E-state index contributed by atoms with van der Waals surface area (Å²) in [5.41, 5.74) is 0. The molecule has 0 aliphatic rings. The third-order valence-electron chi connectivity index (χ3n) is 2.06. The lowest BCUT2D eigenvalue weighted by atomic mass is 10.2. The van der Waals surface area contributed by atoms with Crippen LogP contribution in [0, 0.1) is 5.92 Å². The van der Waals surface area contributed by atoms with E-state index in [2.05, 4.69) is 46.6 Å². The van der Waals surface area contributed by atoms with Gasteiger partial charge in [0.25, 0.3) is 0 Å². The van der Waals surface area contributed by atoms with E-state index in [9.17, 15) is 0 Å². The lowest BCUT2D eigenvalue weighted by molar-refractivity contribution is 0.682. The highest BCUT2D eigenvalue weighted by Gasteiger charge is 2.00. The van der Waals surface area contributed by atoms with E-state index in [0.29, 0.717) is 11.9 Å². The van der Waals surface area contributed by atoms with Crippen molar-refractivity contribution in [2.45, 2.75) is 33.6 Å². The second-order valence-electron chi connectivity index (χ2n) is 4.22. The van der Waals surface area contributed by atoms with Gasteiger partial charge in [0.2, 0.25) is 5.95 Å². The van der Waals surface area contributed by atoms with Crippen LogP contribution in [-0.4, -0.2) is 28.3 Å². The zero-order valence-corrected chi connectivity index (χ0v) is 10.3. The number of hydrogen-bond donors (Lipinski definition) is 2. The Kier molecular flexibility index (Phi) is 5.53. The van der Waals surface area contributed by atoms with Gasteiger partial charge in [0, 0.05) is 13.1 Å². The van der Waals surface area contributed by atoms with Crippen molar-refractivity contribution in [3.05, 3.63) is 6.20 Å². The second kappa shape index (κ2) is 6.98. The maximum atomic E-state index is 4.32. The number of nitrogens with one attached hydrogen (secondary N) is 2. The summed E-state index contributed by atoms with van der Waals surface area (Å²) >= 11 is 0. The zero-order valence-electron chi connectivity index (χ0n) is 10.3. The molecule has 1 rings (SSSR count). The van der Waals surface area contributed by atoms with Gasteiger partial charge in [-0.05, 0) is 12.3 Å². The van der Waals surface area contributed by atoms with Gasteiger partial charge in [0.15, 0.2) is 0 Å². The minimum atomic E-state index is 0.570. The van der Waals surface area contributed by atoms with Crippen molar-refractivity contribution < 1.29 is 0 Å². The van der Waals surface area contributed by atoms with Crippen LogP contribution >= 0.6 is 0 Å². The average Bonchev–Trinajstić information content (AvgIpc) is 2.27. The van der Waals surface area contributed by atoms with Gasteiger partial charge in [0.1, 0.15) is 5.82 Å². The van der Waals surface area contributed by atoms with E-state index < -0.39 is 0 Å². The zero-order chi connectivity index (χ0) is 11.8. The Bertz CT molecular complexity index is 300. The summed E-state index contributed by atoms with van der Waals surface area (Å²) in [6.45, 7) is 8.24. The minimum absolute atomic E-state index is 0.570. The smallest absolute Gasteiger partial charge is 0.244 e. The standard InChI is InChI=1S/C11H21N5/c1-4-5-6-12-10-8-14-16-11(15-10)13-7-9(2)3/h8-9H,4-7H2,1-3H3,(H2,12,13,15,16). The molecule has 90 valence electrons. The van der Waals surface area contributed by atoms with E-state index in [4.69, 9.17) is 0 Å². The number of anilines is 2. The highest BCUT2D eigenvalue weighted by atomic mass is 15.3. The van der Waals surface area contributed by atoms with Gasteiger partial charge in [-0.3, -0.25) is 0 Å². The maximum Gasteiger partial charge on any atom is 0.244 e. The van der Waals surface area contributed by atoms with Crippen LogP contribution in [0.2, 0.25) is 0 Å². The fourth-order valence-corrected chi connectivity index (χ4v) is 1.15. The Morgan fingerprint density at radius 2 is 2.12 bits per heavy atom. The monoisotopic (exact) mass is 223 g/mol. The van der Waals surface area contributed by atoms with Crippen molar-refractivity contribution in [1.29, 1.82) is 0 Å². The Morgan fingerprint density at radius 3 is 2.81 bits per heavy atom. The molecule has 1 aromatic heterocycles. The summed E-state index contributed by atoms with van der Waals surface area (Å²) < 4.78 is 0. The van der Waals surface area contributed by atoms with Gasteiger partial charge < -0.3 is 10.6 Å². The Hall–Kier alpha value is -1.39. The SMILES string of the molecule is CCCCNc1cnnc(NCC(C)C)n1. The van der Waals surface area contributed by atoms with Crippen LogP contribution in [0.1, 0.15) is 33.6 Å². The molecule has 0 aliphatic carbocycles. The molecule has 0 aliphatic heterocycles. The molecular formula is C11H21N5. The van der Waals surface area contributed by atoms with Gasteiger partial charge in [-0.25, -0.2) is 0 Å². The van der Waals surface area contributed by atoms with Gasteiger partial charge in [-0.2, -0.15) is 10.1 Å². The Balaban J connectivity index is 2.43. The molecule has 0 saturated carbocycles. The third-order valence-corrected chi connectivity index (χ3v) is 2.06. The number of unbranched alkanes of at least 4 members (excludes halogenated alkanes) is 1. The van der Waals surface area contributed by atoms with Crippen LogP contribution in [0.25, 0.3) is 0 Å². The van der Waals surface area contributed by atoms with Crippen LogP contribution < -0.4 is 10.6 Å². The summed E-state index contributed by atoms with van der Waals surface area (Å²) in [7, 11) is 0. The molecule has 0 spiro atoms. The molecule has 1 heterocycles. The molecule has 5 nitrogen and oxygen atoms in total. The molecule has 0 amide bonds. The highest BCUT2D eigenvalue weighted by Crippen LogP contribution is 2.04. The minimum Gasteiger partial charge on any atom is -0.369 e. The van der Waals surface area contributed by atoms with Crippen molar-refractivity contribution in [3.8, 4) is 0 Å². The predicted octanol–water partition coefficient (Wildman–Crippen LogP) is 2.15. The first-order valence-electron chi connectivity index (χ1n) is 5.89. The largest absolute Gasteiger partial charge is 0.369 e. The van der Waals surface area contributed by atoms with E-state index in [0.717, 1.165) is 25.3 Å². The summed E-state index contributed by atoms with van der Waals surface area (Å²) in [6, 6.07) is 0. The normalized spacial score (nSPS) is 10.5. The first-order chi connectivity index (χ1) is 7.72. The molecule has 2 N–H and O–H groups in total. The first-order valence-corrected chi connectivity index (χ1v) is 5.89. The van der Waals surface area contributed by atoms with Crippen LogP contribution in [-0.2, 0) is 0 Å². The predicted molar refractivity (Wildman–Crippen MR) is 66.6 cm³/mol. The summed E-state index contributed by atoms with van der Waals surface area (Å²) in [5, 5.41) is 14.2. The lowest BCUT2D eigenvalue weighted by Gasteiger charge is -2.08. The van der Waals surface area contributed by atoms with Gasteiger partial charge >= 0.3 is 0 Å². The van der Waals surface area contributed by atoms with Crippen LogP contribution in [0.4, 0.5) is 11.8 Å². The molecule has 0 aromatic carbocycles. The molecule has 0 atom stereocenters. The molecule has 1 aromatic rings. The molecule has 0 radical (unpaired) electrons. The van der Waals surface area contributed by atoms with E-state index in [1.807, 2.05) is 0 Å². The quantitative estimate of drug-likeness (QED) is 0.693. The maximum absolute atomic E-state index is 4.32. The second-order valence-corrected chi connectivity index (χ2v) is 4.22. The number of nitrogens with zero attached hydrogens (tertiary/aromatic N) is 3. The topological polar surface area (TPSA) is 62.7 Å². The van der Waals surface area contributed by atoms with Crippen molar-refractivity contribution in [1.82, 2.24) is 15.2 Å². The number of rotatable bonds is 7.